The Labute approximate surface area is 863 Å². The molecule has 5 unspecified atom stereocenters. The average molecular weight is 2020 g/mol. The van der Waals surface area contributed by atoms with Gasteiger partial charge < -0.3 is 107 Å². The highest BCUT2D eigenvalue weighted by molar-refractivity contribution is 6.09. The first-order valence-electron chi connectivity index (χ1n) is 50.1. The van der Waals surface area contributed by atoms with Gasteiger partial charge in [0.25, 0.3) is 0 Å². The Bertz CT molecular complexity index is 5440. The predicted molar refractivity (Wildman–Crippen MR) is 563 cm³/mol. The van der Waals surface area contributed by atoms with Gasteiger partial charge >= 0.3 is 24.4 Å². The molecule has 5 saturated heterocycles. The van der Waals surface area contributed by atoms with E-state index in [4.69, 9.17) is 96.5 Å². The zero-order valence-electron chi connectivity index (χ0n) is 89.7. The fraction of sp³-hybridized carbons (Fsp3) is 0.531. The molecule has 4 amide bonds. The van der Waals surface area contributed by atoms with E-state index < -0.39 is 57.6 Å². The second-order valence-electron chi connectivity index (χ2n) is 42.1. The van der Waals surface area contributed by atoms with Crippen molar-refractivity contribution in [3.8, 4) is 0 Å². The normalized spacial score (nSPS) is 19.2. The Morgan fingerprint density at radius 2 is 0.630 bits per heavy atom. The molecule has 5 aromatic heterocycles. The lowest BCUT2D eigenvalue weighted by Crippen LogP contribution is -2.44. The molecule has 5 fully saturated rings. The summed E-state index contributed by atoms with van der Waals surface area (Å²) in [4.78, 5) is 82.4. The van der Waals surface area contributed by atoms with Crippen LogP contribution in [0.4, 0.5) is 48.3 Å². The zero-order chi connectivity index (χ0) is 106. The molecule has 5 atom stereocenters. The van der Waals surface area contributed by atoms with E-state index in [2.05, 4.69) is 99.1 Å². The summed E-state index contributed by atoms with van der Waals surface area (Å²) in [6, 6.07) is 59.4. The number of anilines is 5. The van der Waals surface area contributed by atoms with Gasteiger partial charge in [-0.25, -0.2) is 44.1 Å². The number of nitrogens with zero attached hydrogens (tertiary/aromatic N) is 9. The minimum Gasteiger partial charge on any atom is -0.443 e. The maximum atomic E-state index is 13.2. The molecule has 33 heteroatoms. The fourth-order valence-corrected chi connectivity index (χ4v) is 18.0. The molecule has 0 radical (unpaired) electrons. The standard InChI is InChI=1S/C30H42N2O7.C29H40N2O7.C21H29N3O2.C19H24N2O3.C14H23N3O2/c1-8-35-20-30(16-17-36-21-30)23-14-15-25(31-24(23)19-37-18-22-12-10-9-11-13-22)32(26(33)38-28(2,3)4)27(34)39-29(5,6)7;1-27(2,3)37-25(32)31(26(33)38-28(4,5)6)24-14-13-22(29(19-34-7)15-16-35-20-29)23(30-24)18-36-17-21-11-9-8-10-12-21;1-24(2)14-19-18(21(15-25-3)11-12-26-16-21)9-10-20(23-19)22-13-17-7-5-4-6-8-17;1-23-13-19(9-10-24-14-19)16-7-8-18(21-17(16)12-22)20-11-15-5-3-2-4-6-15;1-17(2)8-12-11(4-5-13(15)16-12)14(9-18-3)6-7-19-10-14/h9-15H,8,16-21H2,1-7H3;8-14H,15-20H2,1-7H3;4-10H,11-16H2,1-3H3,(H,22,23);2-8,22H,9-14H2,1H3,(H,20,21);4-5H,6-10H2,1-3H3,(H2,15,16). The van der Waals surface area contributed by atoms with Crippen molar-refractivity contribution in [1.29, 1.82) is 0 Å². The summed E-state index contributed by atoms with van der Waals surface area (Å²) in [5.74, 6) is 2.40. The van der Waals surface area contributed by atoms with Crippen molar-refractivity contribution in [1.82, 2.24) is 34.7 Å². The quantitative estimate of drug-likeness (QED) is 0.0263. The molecule has 0 bridgehead atoms. The van der Waals surface area contributed by atoms with Gasteiger partial charge in [0.15, 0.2) is 0 Å². The molecule has 5 aliphatic heterocycles. The Morgan fingerprint density at radius 3 is 0.918 bits per heavy atom. The Balaban J connectivity index is 0.000000191. The van der Waals surface area contributed by atoms with Crippen molar-refractivity contribution < 1.29 is 100 Å². The van der Waals surface area contributed by atoms with Gasteiger partial charge in [-0.05, 0) is 231 Å². The van der Waals surface area contributed by atoms with Gasteiger partial charge in [-0.1, -0.05) is 152 Å². The zero-order valence-corrected chi connectivity index (χ0v) is 89.7. The van der Waals surface area contributed by atoms with Crippen LogP contribution in [0.2, 0.25) is 0 Å². The van der Waals surface area contributed by atoms with Crippen LogP contribution in [0.15, 0.2) is 182 Å². The fourth-order valence-electron chi connectivity index (χ4n) is 18.0. The van der Waals surface area contributed by atoms with E-state index in [1.165, 1.54) is 22.3 Å². The number of benzene rings is 4. The molecule has 33 nitrogen and oxygen atoms in total. The third kappa shape index (κ3) is 34.8. The van der Waals surface area contributed by atoms with E-state index in [1.807, 2.05) is 136 Å². The third-order valence-electron chi connectivity index (χ3n) is 24.7. The number of rotatable bonds is 37. The SMILES string of the molecule is CCOCC1(c2ccc(N(C(=O)OC(C)(C)C)C(=O)OC(C)(C)C)nc2COCc2ccccc2)CCOC1.COCC1(c2ccc(N(C(=O)OC(C)(C)C)C(=O)OC(C)(C)C)nc2COCc2ccccc2)CCOC1.COCC1(c2ccc(N)nc2CN(C)C)CCOC1.COCC1(c2ccc(NCc3ccccc3)nc2CN(C)C)CCOC1.COCC1(c2ccc(NCc3ccccc3)nc2CO)CCOC1. The van der Waals surface area contributed by atoms with Crippen LogP contribution in [0.25, 0.3) is 0 Å². The van der Waals surface area contributed by atoms with E-state index in [9.17, 15) is 24.3 Å². The summed E-state index contributed by atoms with van der Waals surface area (Å²) in [7, 11) is 15.0. The van der Waals surface area contributed by atoms with E-state index in [0.717, 1.165) is 126 Å². The highest BCUT2D eigenvalue weighted by atomic mass is 16.6. The highest BCUT2D eigenvalue weighted by Gasteiger charge is 2.46. The van der Waals surface area contributed by atoms with Crippen LogP contribution >= 0.6 is 0 Å². The summed E-state index contributed by atoms with van der Waals surface area (Å²) in [5, 5.41) is 16.6. The third-order valence-corrected chi connectivity index (χ3v) is 24.7. The van der Waals surface area contributed by atoms with E-state index in [1.54, 1.807) is 124 Å². The van der Waals surface area contributed by atoms with Crippen molar-refractivity contribution in [2.75, 3.05) is 189 Å². The number of nitrogen functional groups attached to an aromatic ring is 1. The van der Waals surface area contributed by atoms with Crippen molar-refractivity contribution in [2.45, 2.75) is 231 Å². The lowest BCUT2D eigenvalue weighted by atomic mass is 9.79. The van der Waals surface area contributed by atoms with Crippen LogP contribution in [-0.4, -0.2) is 249 Å². The van der Waals surface area contributed by atoms with Gasteiger partial charge in [-0.15, -0.1) is 0 Å². The number of hydrogen-bond acceptors (Lipinski definition) is 31. The molecular weight excluding hydrogens is 1860 g/mol. The molecule has 0 spiro atoms. The number of hydrogen-bond donors (Lipinski definition) is 4. The van der Waals surface area contributed by atoms with Crippen LogP contribution in [0, 0.1) is 0 Å². The molecule has 0 saturated carbocycles. The first-order valence-corrected chi connectivity index (χ1v) is 50.1. The maximum Gasteiger partial charge on any atom is 0.425 e. The van der Waals surface area contributed by atoms with Gasteiger partial charge in [0, 0.05) is 121 Å². The summed E-state index contributed by atoms with van der Waals surface area (Å²) in [5.41, 5.74) is 15.0. The molecule has 5 aliphatic rings. The van der Waals surface area contributed by atoms with Gasteiger partial charge in [0.2, 0.25) is 0 Å². The number of imide groups is 2. The first kappa shape index (κ1) is 117. The lowest BCUT2D eigenvalue weighted by molar-refractivity contribution is 0.0406. The molecule has 10 heterocycles. The number of aliphatic hydroxyl groups is 1. The summed E-state index contributed by atoms with van der Waals surface area (Å²) < 4.78 is 90.6. The largest absolute Gasteiger partial charge is 0.443 e. The molecule has 14 rings (SSSR count). The van der Waals surface area contributed by atoms with Gasteiger partial charge in [-0.2, -0.15) is 9.80 Å². The molecule has 5 N–H and O–H groups in total. The van der Waals surface area contributed by atoms with Gasteiger partial charge in [0.1, 0.15) is 51.5 Å². The number of carbonyl (C=O) groups is 4. The van der Waals surface area contributed by atoms with E-state index >= 15 is 0 Å². The number of nitrogens with one attached hydrogen (secondary N) is 2. The number of pyridine rings is 5. The van der Waals surface area contributed by atoms with Crippen LogP contribution in [-0.2, 0) is 162 Å². The maximum absolute atomic E-state index is 13.2. The minimum atomic E-state index is -0.876. The molecule has 0 aliphatic carbocycles. The smallest absolute Gasteiger partial charge is 0.425 e. The topological polar surface area (TPSA) is 364 Å². The Hall–Kier alpha value is -11.1. The van der Waals surface area contributed by atoms with Crippen LogP contribution in [0.1, 0.15) is 201 Å². The van der Waals surface area contributed by atoms with Crippen LogP contribution < -0.4 is 26.2 Å². The summed E-state index contributed by atoms with van der Waals surface area (Å²) in [6.07, 6.45) is 0.816. The monoisotopic (exact) mass is 2020 g/mol. The number of ether oxygens (including phenoxy) is 16. The van der Waals surface area contributed by atoms with Crippen molar-refractivity contribution in [3.63, 3.8) is 0 Å². The van der Waals surface area contributed by atoms with Crippen LogP contribution in [0.3, 0.4) is 0 Å². The average Bonchev–Trinajstić information content (AvgIpc) is 1.47. The Kier molecular flexibility index (Phi) is 44.2. The van der Waals surface area contributed by atoms with E-state index in [0.29, 0.717) is 135 Å². The number of amides is 4. The van der Waals surface area contributed by atoms with Crippen molar-refractivity contribution in [3.05, 3.63) is 261 Å². The van der Waals surface area contributed by atoms with Crippen molar-refractivity contribution in [2.24, 2.45) is 0 Å². The summed E-state index contributed by atoms with van der Waals surface area (Å²) in [6.45, 7) is 36.4. The predicted octanol–water partition coefficient (Wildman–Crippen LogP) is 18.5. The van der Waals surface area contributed by atoms with E-state index in [-0.39, 0.29) is 47.7 Å². The molecule has 4 aromatic carbocycles. The molecule has 9 aromatic rings. The van der Waals surface area contributed by atoms with Crippen LogP contribution in [0.5, 0.6) is 0 Å². The molecule has 796 valence electrons. The van der Waals surface area contributed by atoms with Gasteiger partial charge in [-0.3, -0.25) is 0 Å². The molecule has 146 heavy (non-hydrogen) atoms. The van der Waals surface area contributed by atoms with Crippen molar-refractivity contribution >= 4 is 53.5 Å². The summed E-state index contributed by atoms with van der Waals surface area (Å²) >= 11 is 0. The molecular formula is C113H158N12O21. The first-order chi connectivity index (χ1) is 69.6. The lowest BCUT2D eigenvalue weighted by Gasteiger charge is -2.31. The number of aromatic nitrogens is 5. The number of aliphatic hydroxyl groups excluding tert-OH is 1. The minimum absolute atomic E-state index is 0.0825. The Morgan fingerprint density at radius 1 is 0.349 bits per heavy atom. The number of carbonyl (C=O) groups excluding carboxylic acids is 4. The number of methoxy groups -OCH3 is 4. The second kappa shape index (κ2) is 55.3. The number of nitrogens with two attached hydrogens (primary N) is 1. The highest BCUT2D eigenvalue weighted by Crippen LogP contribution is 2.43. The van der Waals surface area contributed by atoms with Gasteiger partial charge in [0.05, 0.1) is 128 Å². The second-order valence-corrected chi connectivity index (χ2v) is 42.1.